The lowest BCUT2D eigenvalue weighted by Gasteiger charge is -2.18. The van der Waals surface area contributed by atoms with Gasteiger partial charge in [0.15, 0.2) is 0 Å². The van der Waals surface area contributed by atoms with Crippen LogP contribution in [0.15, 0.2) is 18.2 Å². The van der Waals surface area contributed by atoms with Gasteiger partial charge >= 0.3 is 0 Å². The number of anilines is 1. The second-order valence-electron chi connectivity index (χ2n) is 4.18. The fraction of sp³-hybridized carbons (Fsp3) is 0.500. The number of hydrogen-bond donors (Lipinski definition) is 2. The van der Waals surface area contributed by atoms with E-state index in [0.29, 0.717) is 6.54 Å². The number of carbonyl (C=O) groups is 1. The van der Waals surface area contributed by atoms with E-state index in [2.05, 4.69) is 20.5 Å². The monoisotopic (exact) mass is 234 g/mol. The molecule has 2 heterocycles. The van der Waals surface area contributed by atoms with E-state index >= 15 is 0 Å². The Bertz CT molecular complexity index is 394. The number of hydrogen-bond acceptors (Lipinski definition) is 4. The Kier molecular flexibility index (Phi) is 3.93. The maximum atomic E-state index is 11.4. The summed E-state index contributed by atoms with van der Waals surface area (Å²) in [6.07, 6.45) is 0.997. The summed E-state index contributed by atoms with van der Waals surface area (Å²) in [5.74, 6) is 0.967. The minimum atomic E-state index is 0.104. The minimum absolute atomic E-state index is 0.104. The van der Waals surface area contributed by atoms with Crippen molar-refractivity contribution in [3.8, 4) is 0 Å². The van der Waals surface area contributed by atoms with Crippen LogP contribution < -0.4 is 10.6 Å². The predicted octanol–water partition coefficient (Wildman–Crippen LogP) is 0.445. The minimum Gasteiger partial charge on any atom is -0.373 e. The maximum Gasteiger partial charge on any atom is 0.234 e. The third-order valence-corrected chi connectivity index (χ3v) is 2.79. The smallest absolute Gasteiger partial charge is 0.234 e. The van der Waals surface area contributed by atoms with Crippen LogP contribution in [0.25, 0.3) is 0 Å². The number of aromatic nitrogens is 1. The Morgan fingerprint density at radius 3 is 3.24 bits per heavy atom. The Morgan fingerprint density at radius 2 is 2.41 bits per heavy atom. The Balaban J connectivity index is 2.00. The van der Waals surface area contributed by atoms with Crippen molar-refractivity contribution in [2.45, 2.75) is 13.0 Å². The van der Waals surface area contributed by atoms with Gasteiger partial charge in [-0.3, -0.25) is 9.69 Å². The summed E-state index contributed by atoms with van der Waals surface area (Å²) >= 11 is 0. The fourth-order valence-corrected chi connectivity index (χ4v) is 1.94. The SMILES string of the molecule is CNc1cccc(CN2CCCNC(=O)C2)n1. The van der Waals surface area contributed by atoms with Gasteiger partial charge in [0.25, 0.3) is 0 Å². The first-order chi connectivity index (χ1) is 8.28. The molecule has 1 amide bonds. The average molecular weight is 234 g/mol. The molecule has 0 bridgehead atoms. The van der Waals surface area contributed by atoms with Gasteiger partial charge in [0, 0.05) is 26.7 Å². The second-order valence-corrected chi connectivity index (χ2v) is 4.18. The molecule has 1 aliphatic heterocycles. The third kappa shape index (κ3) is 3.42. The Morgan fingerprint density at radius 1 is 1.53 bits per heavy atom. The molecule has 5 nitrogen and oxygen atoms in total. The highest BCUT2D eigenvalue weighted by molar-refractivity contribution is 5.78. The van der Waals surface area contributed by atoms with Gasteiger partial charge in [-0.2, -0.15) is 0 Å². The van der Waals surface area contributed by atoms with Crippen molar-refractivity contribution < 1.29 is 4.79 Å². The van der Waals surface area contributed by atoms with Gasteiger partial charge in [0.1, 0.15) is 5.82 Å². The number of pyridine rings is 1. The molecule has 1 fully saturated rings. The molecule has 0 aliphatic carbocycles. The van der Waals surface area contributed by atoms with Crippen LogP contribution in [0.3, 0.4) is 0 Å². The zero-order chi connectivity index (χ0) is 12.1. The van der Waals surface area contributed by atoms with Gasteiger partial charge in [-0.25, -0.2) is 4.98 Å². The average Bonchev–Trinajstić information content (AvgIpc) is 2.54. The van der Waals surface area contributed by atoms with Crippen LogP contribution in [0.4, 0.5) is 5.82 Å². The van der Waals surface area contributed by atoms with Crippen LogP contribution in [0.1, 0.15) is 12.1 Å². The topological polar surface area (TPSA) is 57.3 Å². The summed E-state index contributed by atoms with van der Waals surface area (Å²) in [6, 6.07) is 5.90. The molecule has 0 atom stereocenters. The molecular weight excluding hydrogens is 216 g/mol. The Hall–Kier alpha value is -1.62. The quantitative estimate of drug-likeness (QED) is 0.797. The number of nitrogens with zero attached hydrogens (tertiary/aromatic N) is 2. The summed E-state index contributed by atoms with van der Waals surface area (Å²) in [5, 5.41) is 5.89. The summed E-state index contributed by atoms with van der Waals surface area (Å²) in [7, 11) is 1.85. The first-order valence-electron chi connectivity index (χ1n) is 5.90. The van der Waals surface area contributed by atoms with E-state index in [1.165, 1.54) is 0 Å². The summed E-state index contributed by atoms with van der Waals surface area (Å²) in [4.78, 5) is 18.0. The van der Waals surface area contributed by atoms with Crippen molar-refractivity contribution >= 4 is 11.7 Å². The van der Waals surface area contributed by atoms with Crippen LogP contribution in [0, 0.1) is 0 Å². The van der Waals surface area contributed by atoms with E-state index in [0.717, 1.165) is 37.6 Å². The van der Waals surface area contributed by atoms with E-state index in [-0.39, 0.29) is 5.91 Å². The fourth-order valence-electron chi connectivity index (χ4n) is 1.94. The maximum absolute atomic E-state index is 11.4. The van der Waals surface area contributed by atoms with Crippen molar-refractivity contribution in [1.29, 1.82) is 0 Å². The highest BCUT2D eigenvalue weighted by Crippen LogP contribution is 2.08. The molecule has 0 saturated carbocycles. The molecule has 1 aromatic heterocycles. The van der Waals surface area contributed by atoms with Crippen LogP contribution in [0.2, 0.25) is 0 Å². The van der Waals surface area contributed by atoms with Crippen molar-refractivity contribution in [2.75, 3.05) is 32.0 Å². The van der Waals surface area contributed by atoms with Crippen LogP contribution in [0.5, 0.6) is 0 Å². The zero-order valence-corrected chi connectivity index (χ0v) is 10.1. The van der Waals surface area contributed by atoms with Gasteiger partial charge in [-0.1, -0.05) is 6.07 Å². The first-order valence-corrected chi connectivity index (χ1v) is 5.90. The second kappa shape index (κ2) is 5.63. The molecule has 0 spiro atoms. The summed E-state index contributed by atoms with van der Waals surface area (Å²) in [6.45, 7) is 2.90. The number of rotatable bonds is 3. The molecule has 2 N–H and O–H groups in total. The lowest BCUT2D eigenvalue weighted by molar-refractivity contribution is -0.121. The molecule has 17 heavy (non-hydrogen) atoms. The van der Waals surface area contributed by atoms with Crippen molar-refractivity contribution in [2.24, 2.45) is 0 Å². The van der Waals surface area contributed by atoms with Crippen LogP contribution in [-0.4, -0.2) is 42.5 Å². The van der Waals surface area contributed by atoms with Gasteiger partial charge in [0.05, 0.1) is 12.2 Å². The molecule has 92 valence electrons. The lowest BCUT2D eigenvalue weighted by Crippen LogP contribution is -2.32. The molecule has 1 saturated heterocycles. The molecule has 2 rings (SSSR count). The van der Waals surface area contributed by atoms with Crippen LogP contribution >= 0.6 is 0 Å². The number of carbonyl (C=O) groups excluding carboxylic acids is 1. The van der Waals surface area contributed by atoms with Gasteiger partial charge in [-0.05, 0) is 18.6 Å². The number of nitrogens with one attached hydrogen (secondary N) is 2. The standard InChI is InChI=1S/C12H18N4O/c1-13-11-5-2-4-10(15-11)8-16-7-3-6-14-12(17)9-16/h2,4-5H,3,6-9H2,1H3,(H,13,15)(H,14,17). The van der Waals surface area contributed by atoms with Crippen LogP contribution in [-0.2, 0) is 11.3 Å². The molecule has 1 aromatic rings. The molecular formula is C12H18N4O. The summed E-state index contributed by atoms with van der Waals surface area (Å²) in [5.41, 5.74) is 0.992. The molecule has 5 heteroatoms. The van der Waals surface area contributed by atoms with E-state index in [9.17, 15) is 4.79 Å². The normalized spacial score (nSPS) is 17.4. The predicted molar refractivity (Wildman–Crippen MR) is 66.7 cm³/mol. The molecule has 1 aliphatic rings. The van der Waals surface area contributed by atoms with E-state index in [1.54, 1.807) is 0 Å². The zero-order valence-electron chi connectivity index (χ0n) is 10.1. The molecule has 0 aromatic carbocycles. The van der Waals surface area contributed by atoms with E-state index in [4.69, 9.17) is 0 Å². The first kappa shape index (κ1) is 11.9. The van der Waals surface area contributed by atoms with Crippen molar-refractivity contribution in [3.63, 3.8) is 0 Å². The van der Waals surface area contributed by atoms with Crippen molar-refractivity contribution in [1.82, 2.24) is 15.2 Å². The van der Waals surface area contributed by atoms with E-state index in [1.807, 2.05) is 25.2 Å². The van der Waals surface area contributed by atoms with Gasteiger partial charge < -0.3 is 10.6 Å². The van der Waals surface area contributed by atoms with E-state index < -0.39 is 0 Å². The van der Waals surface area contributed by atoms with Crippen molar-refractivity contribution in [3.05, 3.63) is 23.9 Å². The highest BCUT2D eigenvalue weighted by atomic mass is 16.2. The highest BCUT2D eigenvalue weighted by Gasteiger charge is 2.14. The Labute approximate surface area is 101 Å². The largest absolute Gasteiger partial charge is 0.373 e. The molecule has 0 unspecified atom stereocenters. The molecule has 0 radical (unpaired) electrons. The van der Waals surface area contributed by atoms with Gasteiger partial charge in [-0.15, -0.1) is 0 Å². The number of amides is 1. The third-order valence-electron chi connectivity index (χ3n) is 2.79. The summed E-state index contributed by atoms with van der Waals surface area (Å²) < 4.78 is 0. The lowest BCUT2D eigenvalue weighted by atomic mass is 10.3. The van der Waals surface area contributed by atoms with Gasteiger partial charge in [0.2, 0.25) is 5.91 Å².